The average molecular weight is 591 g/mol. The molecule has 1 amide bonds. The van der Waals surface area contributed by atoms with Gasteiger partial charge in [0, 0.05) is 23.2 Å². The number of ether oxygens (including phenoxy) is 4. The fraction of sp³-hybridized carbons (Fsp3) is 0.429. The molecule has 3 aromatic rings. The number of methoxy groups -OCH3 is 3. The number of halogens is 2. The maximum Gasteiger partial charge on any atom is 0.407 e. The van der Waals surface area contributed by atoms with E-state index in [9.17, 15) is 9.59 Å². The van der Waals surface area contributed by atoms with Crippen molar-refractivity contribution in [3.63, 3.8) is 0 Å². The van der Waals surface area contributed by atoms with Gasteiger partial charge in [0.15, 0.2) is 0 Å². The van der Waals surface area contributed by atoms with E-state index in [0.717, 1.165) is 10.9 Å². The van der Waals surface area contributed by atoms with Crippen LogP contribution >= 0.6 is 23.2 Å². The normalized spacial score (nSPS) is 18.8. The number of aromatic nitrogens is 2. The van der Waals surface area contributed by atoms with Crippen LogP contribution in [0.3, 0.4) is 0 Å². The van der Waals surface area contributed by atoms with Gasteiger partial charge in [0.25, 0.3) is 0 Å². The van der Waals surface area contributed by atoms with Gasteiger partial charge in [-0.1, -0.05) is 29.3 Å². The van der Waals surface area contributed by atoms with Crippen LogP contribution in [0, 0.1) is 5.92 Å². The predicted molar refractivity (Wildman–Crippen MR) is 153 cm³/mol. The first-order valence-electron chi connectivity index (χ1n) is 12.6. The zero-order valence-electron chi connectivity index (χ0n) is 23.1. The number of nitrogens with zero attached hydrogens (tertiary/aromatic N) is 2. The Balaban J connectivity index is 1.60. The number of amides is 1. The summed E-state index contributed by atoms with van der Waals surface area (Å²) in [6.45, 7) is 5.36. The van der Waals surface area contributed by atoms with Crippen molar-refractivity contribution in [2.24, 2.45) is 5.92 Å². The molecule has 40 heavy (non-hydrogen) atoms. The first-order chi connectivity index (χ1) is 18.9. The third-order valence-corrected chi connectivity index (χ3v) is 7.31. The summed E-state index contributed by atoms with van der Waals surface area (Å²) in [7, 11) is 4.39. The Hall–Kier alpha value is -3.50. The molecular formula is C28H32Cl2N4O6. The number of fused-ring (bicyclic) bond motifs is 1. The number of anilines is 1. The molecule has 1 saturated carbocycles. The molecule has 0 bridgehead atoms. The molecule has 1 aliphatic rings. The van der Waals surface area contributed by atoms with Crippen LogP contribution in [0.5, 0.6) is 11.5 Å². The van der Waals surface area contributed by atoms with Gasteiger partial charge in [-0.3, -0.25) is 4.79 Å². The van der Waals surface area contributed by atoms with Gasteiger partial charge in [0.05, 0.1) is 54.9 Å². The highest BCUT2D eigenvalue weighted by molar-refractivity contribution is 6.41. The molecule has 3 atom stereocenters. The molecule has 0 radical (unpaired) electrons. The second kappa shape index (κ2) is 11.9. The first kappa shape index (κ1) is 29.5. The standard InChI is InChI=1S/C28H32Cl2N4O6/c1-28(2,3)40-27(36)34-19-11-15(25(35)39-6)10-18(19)33-26-31-13-16-9-14(7-8-17(16)32-26)22-23(29)20(37-4)12-21(38-5)24(22)30/h7-9,12-13,15,18-19H,10-11H2,1-6H3,(H,34,36)(H,31,32,33)/t15-,18?,19-/m0/s1. The summed E-state index contributed by atoms with van der Waals surface area (Å²) in [5.74, 6) is 0.500. The number of alkyl carbamates (subject to hydrolysis) is 1. The molecule has 4 rings (SSSR count). The lowest BCUT2D eigenvalue weighted by molar-refractivity contribution is -0.145. The number of nitrogens with one attached hydrogen (secondary N) is 2. The minimum absolute atomic E-state index is 0.324. The molecule has 1 fully saturated rings. The van der Waals surface area contributed by atoms with Gasteiger partial charge < -0.3 is 29.6 Å². The lowest BCUT2D eigenvalue weighted by Crippen LogP contribution is -2.45. The van der Waals surface area contributed by atoms with Crippen molar-refractivity contribution < 1.29 is 28.5 Å². The van der Waals surface area contributed by atoms with E-state index in [1.54, 1.807) is 33.0 Å². The quantitative estimate of drug-likeness (QED) is 0.325. The Kier molecular flexibility index (Phi) is 8.80. The average Bonchev–Trinajstić information content (AvgIpc) is 3.29. The highest BCUT2D eigenvalue weighted by atomic mass is 35.5. The maximum atomic E-state index is 12.5. The number of benzene rings is 2. The van der Waals surface area contributed by atoms with Gasteiger partial charge >= 0.3 is 12.1 Å². The highest BCUT2D eigenvalue weighted by Gasteiger charge is 2.40. The summed E-state index contributed by atoms with van der Waals surface area (Å²) in [6, 6.07) is 6.47. The van der Waals surface area contributed by atoms with Crippen molar-refractivity contribution in [3.05, 3.63) is 40.5 Å². The van der Waals surface area contributed by atoms with Gasteiger partial charge in [-0.2, -0.15) is 0 Å². The van der Waals surface area contributed by atoms with Gasteiger partial charge in [0.1, 0.15) is 17.1 Å². The molecular weight excluding hydrogens is 559 g/mol. The highest BCUT2D eigenvalue weighted by Crippen LogP contribution is 2.46. The van der Waals surface area contributed by atoms with Crippen LogP contribution in [-0.4, -0.2) is 61.0 Å². The molecule has 1 heterocycles. The SMILES string of the molecule is COC(=O)[C@H]1CC(Nc2ncc3cc(-c4c(Cl)c(OC)cc(OC)c4Cl)ccc3n2)[C@@H](NC(=O)OC(C)(C)C)C1. The summed E-state index contributed by atoms with van der Waals surface area (Å²) in [5.41, 5.74) is 1.32. The summed E-state index contributed by atoms with van der Waals surface area (Å²) < 4.78 is 21.1. The van der Waals surface area contributed by atoms with Crippen molar-refractivity contribution in [3.8, 4) is 22.6 Å². The van der Waals surface area contributed by atoms with E-state index >= 15 is 0 Å². The molecule has 12 heteroatoms. The van der Waals surface area contributed by atoms with Crippen LogP contribution in [0.1, 0.15) is 33.6 Å². The molecule has 2 aromatic carbocycles. The summed E-state index contributed by atoms with van der Waals surface area (Å²) >= 11 is 13.2. The van der Waals surface area contributed by atoms with E-state index in [0.29, 0.717) is 51.4 Å². The Bertz CT molecular complexity index is 1400. The fourth-order valence-electron chi connectivity index (χ4n) is 4.74. The minimum atomic E-state index is -0.655. The van der Waals surface area contributed by atoms with Gasteiger partial charge in [-0.15, -0.1) is 0 Å². The van der Waals surface area contributed by atoms with Crippen LogP contribution in [0.15, 0.2) is 30.5 Å². The smallest absolute Gasteiger partial charge is 0.407 e. The van der Waals surface area contributed by atoms with Crippen molar-refractivity contribution >= 4 is 52.1 Å². The zero-order valence-corrected chi connectivity index (χ0v) is 24.6. The molecule has 2 N–H and O–H groups in total. The molecule has 1 unspecified atom stereocenters. The van der Waals surface area contributed by atoms with Crippen molar-refractivity contribution in [2.75, 3.05) is 26.6 Å². The van der Waals surface area contributed by atoms with Crippen LogP contribution < -0.4 is 20.1 Å². The van der Waals surface area contributed by atoms with E-state index in [2.05, 4.69) is 20.6 Å². The maximum absolute atomic E-state index is 12.5. The molecule has 214 valence electrons. The summed E-state index contributed by atoms with van der Waals surface area (Å²) in [6.07, 6.45) is 1.94. The summed E-state index contributed by atoms with van der Waals surface area (Å²) in [4.78, 5) is 33.9. The first-order valence-corrected chi connectivity index (χ1v) is 13.4. The van der Waals surface area contributed by atoms with Gasteiger partial charge in [-0.05, 0) is 51.3 Å². The Morgan fingerprint density at radius 2 is 1.62 bits per heavy atom. The third kappa shape index (κ3) is 6.45. The largest absolute Gasteiger partial charge is 0.495 e. The zero-order chi connectivity index (χ0) is 29.2. The second-order valence-electron chi connectivity index (χ2n) is 10.4. The van der Waals surface area contributed by atoms with E-state index < -0.39 is 17.7 Å². The number of carbonyl (C=O) groups excluding carboxylic acids is 2. The molecule has 1 aromatic heterocycles. The van der Waals surface area contributed by atoms with Crippen LogP contribution in [0.2, 0.25) is 10.0 Å². The van der Waals surface area contributed by atoms with Crippen LogP contribution in [-0.2, 0) is 14.3 Å². The number of hydrogen-bond donors (Lipinski definition) is 2. The molecule has 10 nitrogen and oxygen atoms in total. The number of esters is 1. The van der Waals surface area contributed by atoms with Crippen molar-refractivity contribution in [1.82, 2.24) is 15.3 Å². The summed E-state index contributed by atoms with van der Waals surface area (Å²) in [5, 5.41) is 7.62. The van der Waals surface area contributed by atoms with E-state index in [1.807, 2.05) is 18.2 Å². The molecule has 1 aliphatic carbocycles. The fourth-order valence-corrected chi connectivity index (χ4v) is 5.46. The van der Waals surface area contributed by atoms with Gasteiger partial charge in [0.2, 0.25) is 5.95 Å². The van der Waals surface area contributed by atoms with Crippen LogP contribution in [0.4, 0.5) is 10.7 Å². The number of rotatable bonds is 7. The Labute approximate surface area is 242 Å². The van der Waals surface area contributed by atoms with E-state index in [-0.39, 0.29) is 17.9 Å². The Morgan fingerprint density at radius 3 is 2.23 bits per heavy atom. The lowest BCUT2D eigenvalue weighted by atomic mass is 10.0. The Morgan fingerprint density at radius 1 is 0.975 bits per heavy atom. The third-order valence-electron chi connectivity index (χ3n) is 6.56. The monoisotopic (exact) mass is 590 g/mol. The number of carbonyl (C=O) groups is 2. The van der Waals surface area contributed by atoms with Crippen molar-refractivity contribution in [2.45, 2.75) is 51.3 Å². The lowest BCUT2D eigenvalue weighted by Gasteiger charge is -2.25. The van der Waals surface area contributed by atoms with Crippen molar-refractivity contribution in [1.29, 1.82) is 0 Å². The molecule has 0 spiro atoms. The van der Waals surface area contributed by atoms with Crippen LogP contribution in [0.25, 0.3) is 22.0 Å². The topological polar surface area (TPSA) is 121 Å². The van der Waals surface area contributed by atoms with E-state index in [1.165, 1.54) is 21.3 Å². The minimum Gasteiger partial charge on any atom is -0.495 e. The molecule has 0 aliphatic heterocycles. The number of hydrogen-bond acceptors (Lipinski definition) is 9. The predicted octanol–water partition coefficient (Wildman–Crippen LogP) is 5.88. The van der Waals surface area contributed by atoms with Gasteiger partial charge in [-0.25, -0.2) is 14.8 Å². The second-order valence-corrected chi connectivity index (χ2v) is 11.2. The van der Waals surface area contributed by atoms with E-state index in [4.69, 9.17) is 42.1 Å². The molecule has 0 saturated heterocycles.